The lowest BCUT2D eigenvalue weighted by Crippen LogP contribution is -2.26. The SMILES string of the molecule is C/C(=N\N=C1\NC(=O)[C@@H](CC(=O)O)S1)c1cccc([N+](=O)[O-])c1. The van der Waals surface area contributed by atoms with E-state index in [1.165, 1.54) is 18.2 Å². The van der Waals surface area contributed by atoms with E-state index in [1.807, 2.05) is 0 Å². The summed E-state index contributed by atoms with van der Waals surface area (Å²) in [7, 11) is 0. The van der Waals surface area contributed by atoms with Crippen molar-refractivity contribution in [3.8, 4) is 0 Å². The first-order chi connectivity index (χ1) is 10.9. The van der Waals surface area contributed by atoms with E-state index >= 15 is 0 Å². The number of nitrogens with one attached hydrogen (secondary N) is 1. The van der Waals surface area contributed by atoms with Crippen LogP contribution in [0.4, 0.5) is 5.69 Å². The van der Waals surface area contributed by atoms with E-state index in [2.05, 4.69) is 15.5 Å². The number of non-ortho nitro benzene ring substituents is 1. The first-order valence-electron chi connectivity index (χ1n) is 6.43. The van der Waals surface area contributed by atoms with E-state index in [9.17, 15) is 19.7 Å². The number of nitrogens with zero attached hydrogens (tertiary/aromatic N) is 3. The Morgan fingerprint density at radius 2 is 2.26 bits per heavy atom. The number of carboxylic acid groups (broad SMARTS) is 1. The molecule has 0 bridgehead atoms. The van der Waals surface area contributed by atoms with Crippen molar-refractivity contribution in [2.45, 2.75) is 18.6 Å². The summed E-state index contributed by atoms with van der Waals surface area (Å²) in [5.74, 6) is -1.51. The molecule has 120 valence electrons. The fourth-order valence-electron chi connectivity index (χ4n) is 1.77. The number of nitro groups is 1. The number of carboxylic acids is 1. The highest BCUT2D eigenvalue weighted by Gasteiger charge is 2.32. The minimum Gasteiger partial charge on any atom is -0.481 e. The average Bonchev–Trinajstić information content (AvgIpc) is 2.84. The predicted octanol–water partition coefficient (Wildman–Crippen LogP) is 1.38. The van der Waals surface area contributed by atoms with Crippen LogP contribution in [0.15, 0.2) is 34.5 Å². The molecule has 1 fully saturated rings. The molecule has 0 aliphatic carbocycles. The third-order valence-electron chi connectivity index (χ3n) is 2.90. The summed E-state index contributed by atoms with van der Waals surface area (Å²) < 4.78 is 0. The van der Waals surface area contributed by atoms with Crippen molar-refractivity contribution >= 4 is 40.2 Å². The smallest absolute Gasteiger partial charge is 0.305 e. The van der Waals surface area contributed by atoms with Crippen LogP contribution in [-0.4, -0.2) is 38.0 Å². The van der Waals surface area contributed by atoms with Gasteiger partial charge in [0.25, 0.3) is 5.69 Å². The summed E-state index contributed by atoms with van der Waals surface area (Å²) in [5, 5.41) is 29.1. The van der Waals surface area contributed by atoms with Gasteiger partial charge in [0.2, 0.25) is 5.91 Å². The van der Waals surface area contributed by atoms with Crippen LogP contribution in [0.1, 0.15) is 18.9 Å². The molecule has 1 heterocycles. The maximum atomic E-state index is 11.6. The average molecular weight is 336 g/mol. The number of amides is 1. The lowest BCUT2D eigenvalue weighted by Gasteiger charge is -1.99. The van der Waals surface area contributed by atoms with Gasteiger partial charge in [0, 0.05) is 17.7 Å². The molecule has 0 unspecified atom stereocenters. The molecule has 1 aromatic carbocycles. The molecule has 2 rings (SSSR count). The summed E-state index contributed by atoms with van der Waals surface area (Å²) >= 11 is 0.986. The molecule has 1 aliphatic heterocycles. The lowest BCUT2D eigenvalue weighted by atomic mass is 10.1. The molecule has 2 N–H and O–H groups in total. The Morgan fingerprint density at radius 3 is 2.91 bits per heavy atom. The number of hydrogen-bond donors (Lipinski definition) is 2. The number of amidine groups is 1. The zero-order valence-electron chi connectivity index (χ0n) is 11.9. The van der Waals surface area contributed by atoms with Crippen molar-refractivity contribution in [1.82, 2.24) is 5.32 Å². The third kappa shape index (κ3) is 4.36. The van der Waals surface area contributed by atoms with E-state index in [0.29, 0.717) is 11.3 Å². The number of carbonyl (C=O) groups excluding carboxylic acids is 1. The molecular formula is C13H12N4O5S. The maximum absolute atomic E-state index is 11.6. The molecule has 23 heavy (non-hydrogen) atoms. The third-order valence-corrected chi connectivity index (χ3v) is 3.97. The monoisotopic (exact) mass is 336 g/mol. The largest absolute Gasteiger partial charge is 0.481 e. The van der Waals surface area contributed by atoms with E-state index in [0.717, 1.165) is 11.8 Å². The van der Waals surface area contributed by atoms with Crippen LogP contribution in [0.2, 0.25) is 0 Å². The number of rotatable bonds is 5. The number of nitro benzene ring substituents is 1. The van der Waals surface area contributed by atoms with Crippen LogP contribution < -0.4 is 5.32 Å². The summed E-state index contributed by atoms with van der Waals surface area (Å²) in [6.45, 7) is 1.62. The summed E-state index contributed by atoms with van der Waals surface area (Å²) in [5.41, 5.74) is 0.896. The van der Waals surface area contributed by atoms with E-state index < -0.39 is 22.0 Å². The number of hydrogen-bond acceptors (Lipinski definition) is 7. The van der Waals surface area contributed by atoms with Crippen molar-refractivity contribution < 1.29 is 19.6 Å². The van der Waals surface area contributed by atoms with Crippen LogP contribution in [0, 0.1) is 10.1 Å². The first kappa shape index (κ1) is 16.6. The highest BCUT2D eigenvalue weighted by molar-refractivity contribution is 8.15. The van der Waals surface area contributed by atoms with Gasteiger partial charge >= 0.3 is 5.97 Å². The molecule has 1 amide bonds. The Bertz CT molecular complexity index is 731. The Hall–Kier alpha value is -2.75. The van der Waals surface area contributed by atoms with Gasteiger partial charge in [-0.25, -0.2) is 0 Å². The minimum absolute atomic E-state index is 0.0604. The summed E-state index contributed by atoms with van der Waals surface area (Å²) in [6, 6.07) is 5.92. The van der Waals surface area contributed by atoms with Crippen LogP contribution >= 0.6 is 11.8 Å². The topological polar surface area (TPSA) is 134 Å². The zero-order valence-corrected chi connectivity index (χ0v) is 12.7. The van der Waals surface area contributed by atoms with Crippen molar-refractivity contribution in [2.24, 2.45) is 10.2 Å². The molecular weight excluding hydrogens is 324 g/mol. The second-order valence-corrected chi connectivity index (χ2v) is 5.78. The predicted molar refractivity (Wildman–Crippen MR) is 84.5 cm³/mol. The second kappa shape index (κ2) is 7.01. The molecule has 1 saturated heterocycles. The Kier molecular flexibility index (Phi) is 5.06. The van der Waals surface area contributed by atoms with Gasteiger partial charge in [-0.1, -0.05) is 23.9 Å². The molecule has 9 nitrogen and oxygen atoms in total. The van der Waals surface area contributed by atoms with Crippen molar-refractivity contribution in [1.29, 1.82) is 0 Å². The van der Waals surface area contributed by atoms with Gasteiger partial charge in [-0.15, -0.1) is 5.10 Å². The van der Waals surface area contributed by atoms with Crippen LogP contribution in [0.5, 0.6) is 0 Å². The van der Waals surface area contributed by atoms with Gasteiger partial charge in [0.05, 0.1) is 17.1 Å². The normalized spacial score (nSPS) is 19.7. The summed E-state index contributed by atoms with van der Waals surface area (Å²) in [6.07, 6.45) is -0.302. The molecule has 0 radical (unpaired) electrons. The van der Waals surface area contributed by atoms with Crippen LogP contribution in [0.3, 0.4) is 0 Å². The van der Waals surface area contributed by atoms with Crippen molar-refractivity contribution in [3.05, 3.63) is 39.9 Å². The van der Waals surface area contributed by atoms with Gasteiger partial charge < -0.3 is 10.4 Å². The molecule has 1 atom stereocenters. The molecule has 1 aliphatic rings. The van der Waals surface area contributed by atoms with Crippen LogP contribution in [0.25, 0.3) is 0 Å². The zero-order chi connectivity index (χ0) is 17.0. The summed E-state index contributed by atoms with van der Waals surface area (Å²) in [4.78, 5) is 32.4. The van der Waals surface area contributed by atoms with Gasteiger partial charge in [0.1, 0.15) is 5.25 Å². The maximum Gasteiger partial charge on any atom is 0.305 e. The van der Waals surface area contributed by atoms with Gasteiger partial charge in [-0.2, -0.15) is 5.10 Å². The van der Waals surface area contributed by atoms with E-state index in [-0.39, 0.29) is 17.3 Å². The fourth-order valence-corrected chi connectivity index (χ4v) is 2.68. The standard InChI is InChI=1S/C13H12N4O5S/c1-7(8-3-2-4-9(5-8)17(21)22)15-16-13-14-12(20)10(23-13)6-11(18)19/h2-5,10H,6H2,1H3,(H,18,19)(H,14,16,20)/b15-7+/t10-/m1/s1. The number of benzene rings is 1. The molecule has 0 aromatic heterocycles. The van der Waals surface area contributed by atoms with Gasteiger partial charge in [0.15, 0.2) is 5.17 Å². The van der Waals surface area contributed by atoms with E-state index in [1.54, 1.807) is 13.0 Å². The number of aliphatic carboxylic acids is 1. The Balaban J connectivity index is 2.13. The quantitative estimate of drug-likeness (QED) is 0.474. The Labute approximate surface area is 134 Å². The molecule has 0 saturated carbocycles. The number of carbonyl (C=O) groups is 2. The van der Waals surface area contributed by atoms with Crippen molar-refractivity contribution in [2.75, 3.05) is 0 Å². The fraction of sp³-hybridized carbons (Fsp3) is 0.231. The van der Waals surface area contributed by atoms with Crippen molar-refractivity contribution in [3.63, 3.8) is 0 Å². The molecule has 10 heteroatoms. The number of thioether (sulfide) groups is 1. The van der Waals surface area contributed by atoms with E-state index in [4.69, 9.17) is 5.11 Å². The van der Waals surface area contributed by atoms with Crippen LogP contribution in [-0.2, 0) is 9.59 Å². The first-order valence-corrected chi connectivity index (χ1v) is 7.31. The molecule has 1 aromatic rings. The minimum atomic E-state index is -1.07. The lowest BCUT2D eigenvalue weighted by molar-refractivity contribution is -0.384. The highest BCUT2D eigenvalue weighted by Crippen LogP contribution is 2.22. The van der Waals surface area contributed by atoms with Gasteiger partial charge in [-0.3, -0.25) is 19.7 Å². The second-order valence-electron chi connectivity index (χ2n) is 4.59. The highest BCUT2D eigenvalue weighted by atomic mass is 32.2. The van der Waals surface area contributed by atoms with Gasteiger partial charge in [-0.05, 0) is 6.92 Å². The Morgan fingerprint density at radius 1 is 1.52 bits per heavy atom. The molecule has 0 spiro atoms.